The number of rotatable bonds is 8. The SMILES string of the molecule is Cc1cc(C(=O)O)ccc1-c1cccc2c(CCCOc3cccc(C(F)(F)F)c3F)c(OC(=O)O)[nH]c12. The van der Waals surface area contributed by atoms with Crippen LogP contribution in [0.15, 0.2) is 54.6 Å². The molecule has 0 saturated heterocycles. The minimum absolute atomic E-state index is 0.0370. The van der Waals surface area contributed by atoms with Gasteiger partial charge in [-0.25, -0.2) is 14.0 Å². The van der Waals surface area contributed by atoms with Crippen LogP contribution in [-0.4, -0.2) is 33.9 Å². The van der Waals surface area contributed by atoms with Crippen molar-refractivity contribution in [2.75, 3.05) is 6.61 Å². The molecular formula is C27H21F4NO6. The quantitative estimate of drug-likeness (QED) is 0.128. The Kier molecular flexibility index (Phi) is 7.29. The van der Waals surface area contributed by atoms with Crippen molar-refractivity contribution >= 4 is 23.0 Å². The molecule has 0 spiro atoms. The van der Waals surface area contributed by atoms with E-state index in [4.69, 9.17) is 9.47 Å². The lowest BCUT2D eigenvalue weighted by atomic mass is 9.96. The predicted octanol–water partition coefficient (Wildman–Crippen LogP) is 7.07. The van der Waals surface area contributed by atoms with Crippen LogP contribution in [0.3, 0.4) is 0 Å². The summed E-state index contributed by atoms with van der Waals surface area (Å²) in [6.45, 7) is 1.61. The van der Waals surface area contributed by atoms with Crippen LogP contribution in [0.2, 0.25) is 0 Å². The number of para-hydroxylation sites is 1. The summed E-state index contributed by atoms with van der Waals surface area (Å²) >= 11 is 0. The number of aryl methyl sites for hydroxylation is 2. The van der Waals surface area contributed by atoms with E-state index in [0.717, 1.165) is 17.7 Å². The van der Waals surface area contributed by atoms with Gasteiger partial charge in [0.25, 0.3) is 0 Å². The minimum atomic E-state index is -4.86. The van der Waals surface area contributed by atoms with E-state index in [2.05, 4.69) is 4.98 Å². The molecule has 198 valence electrons. The number of aromatic carboxylic acids is 1. The fraction of sp³-hybridized carbons (Fsp3) is 0.185. The molecular weight excluding hydrogens is 510 g/mol. The van der Waals surface area contributed by atoms with Gasteiger partial charge < -0.3 is 24.7 Å². The zero-order chi connectivity index (χ0) is 27.6. The fourth-order valence-corrected chi connectivity index (χ4v) is 4.27. The maximum absolute atomic E-state index is 14.2. The third kappa shape index (κ3) is 5.41. The highest BCUT2D eigenvalue weighted by Crippen LogP contribution is 2.38. The number of fused-ring (bicyclic) bond motifs is 1. The van der Waals surface area contributed by atoms with Gasteiger partial charge in [-0.2, -0.15) is 13.2 Å². The third-order valence-corrected chi connectivity index (χ3v) is 5.95. The van der Waals surface area contributed by atoms with Gasteiger partial charge in [0.05, 0.1) is 23.3 Å². The van der Waals surface area contributed by atoms with Crippen molar-refractivity contribution in [3.8, 4) is 22.8 Å². The molecule has 1 heterocycles. The van der Waals surface area contributed by atoms with Gasteiger partial charge in [-0.05, 0) is 55.2 Å². The number of aromatic nitrogens is 1. The zero-order valence-electron chi connectivity index (χ0n) is 19.9. The minimum Gasteiger partial charge on any atom is -0.490 e. The Bertz CT molecular complexity index is 1530. The van der Waals surface area contributed by atoms with Gasteiger partial charge in [-0.15, -0.1) is 0 Å². The molecule has 11 heteroatoms. The van der Waals surface area contributed by atoms with E-state index in [0.29, 0.717) is 33.7 Å². The number of nitrogens with one attached hydrogen (secondary N) is 1. The number of H-pyrrole nitrogens is 1. The molecule has 38 heavy (non-hydrogen) atoms. The molecule has 0 unspecified atom stereocenters. The lowest BCUT2D eigenvalue weighted by Crippen LogP contribution is -2.10. The van der Waals surface area contributed by atoms with E-state index in [-0.39, 0.29) is 30.9 Å². The molecule has 1 aromatic heterocycles. The molecule has 0 atom stereocenters. The largest absolute Gasteiger partial charge is 0.512 e. The molecule has 3 aromatic carbocycles. The first-order valence-electron chi connectivity index (χ1n) is 11.3. The average Bonchev–Trinajstić information content (AvgIpc) is 3.18. The van der Waals surface area contributed by atoms with E-state index in [1.807, 2.05) is 0 Å². The van der Waals surface area contributed by atoms with Crippen molar-refractivity contribution < 1.29 is 46.8 Å². The fourth-order valence-electron chi connectivity index (χ4n) is 4.27. The Morgan fingerprint density at radius 2 is 1.74 bits per heavy atom. The van der Waals surface area contributed by atoms with Crippen LogP contribution in [-0.2, 0) is 12.6 Å². The molecule has 3 N–H and O–H groups in total. The van der Waals surface area contributed by atoms with Crippen molar-refractivity contribution in [2.45, 2.75) is 25.9 Å². The molecule has 0 fully saturated rings. The maximum Gasteiger partial charge on any atom is 0.512 e. The monoisotopic (exact) mass is 531 g/mol. The Balaban J connectivity index is 1.62. The number of benzene rings is 3. The smallest absolute Gasteiger partial charge is 0.490 e. The molecule has 4 aromatic rings. The zero-order valence-corrected chi connectivity index (χ0v) is 19.9. The Morgan fingerprint density at radius 1 is 1.00 bits per heavy atom. The second kappa shape index (κ2) is 10.4. The topological polar surface area (TPSA) is 109 Å². The van der Waals surface area contributed by atoms with Crippen molar-refractivity contribution in [3.63, 3.8) is 0 Å². The summed E-state index contributed by atoms with van der Waals surface area (Å²) in [6, 6.07) is 12.7. The van der Waals surface area contributed by atoms with Crippen LogP contribution in [0, 0.1) is 12.7 Å². The molecule has 0 aliphatic heterocycles. The number of halogens is 4. The van der Waals surface area contributed by atoms with Gasteiger partial charge in [-0.1, -0.05) is 30.3 Å². The van der Waals surface area contributed by atoms with Crippen molar-refractivity contribution in [1.29, 1.82) is 0 Å². The molecule has 4 rings (SSSR count). The number of hydrogen-bond donors (Lipinski definition) is 3. The molecule has 0 amide bonds. The standard InChI is InChI=1S/C27H21F4NO6/c1-14-13-15(25(33)34)10-11-16(14)17-5-2-6-18-19(24(32-23(17)18)38-26(35)36)7-4-12-37-21-9-3-8-20(22(21)28)27(29,30)31/h2-3,5-6,8-11,13,32H,4,7,12H2,1H3,(H,33,34)(H,35,36). The van der Waals surface area contributed by atoms with Crippen LogP contribution in [0.4, 0.5) is 22.4 Å². The Hall–Kier alpha value is -4.54. The molecule has 0 bridgehead atoms. The number of hydrogen-bond acceptors (Lipinski definition) is 4. The van der Waals surface area contributed by atoms with Crippen molar-refractivity contribution in [2.24, 2.45) is 0 Å². The number of aromatic amines is 1. The highest BCUT2D eigenvalue weighted by molar-refractivity contribution is 5.99. The molecule has 0 aliphatic carbocycles. The predicted molar refractivity (Wildman–Crippen MR) is 129 cm³/mol. The van der Waals surface area contributed by atoms with E-state index < -0.39 is 35.4 Å². The number of alkyl halides is 3. The van der Waals surface area contributed by atoms with Gasteiger partial charge in [-0.3, -0.25) is 0 Å². The molecule has 7 nitrogen and oxygen atoms in total. The van der Waals surface area contributed by atoms with Crippen LogP contribution in [0.25, 0.3) is 22.0 Å². The van der Waals surface area contributed by atoms with Gasteiger partial charge in [0.1, 0.15) is 0 Å². The van der Waals surface area contributed by atoms with Gasteiger partial charge in [0.15, 0.2) is 11.6 Å². The van der Waals surface area contributed by atoms with E-state index >= 15 is 0 Å². The second-order valence-corrected chi connectivity index (χ2v) is 8.43. The van der Waals surface area contributed by atoms with E-state index in [1.165, 1.54) is 12.1 Å². The lowest BCUT2D eigenvalue weighted by Gasteiger charge is -2.12. The van der Waals surface area contributed by atoms with Gasteiger partial charge in [0, 0.05) is 16.5 Å². The molecule has 0 saturated carbocycles. The summed E-state index contributed by atoms with van der Waals surface area (Å²) in [5, 5.41) is 19.1. The summed E-state index contributed by atoms with van der Waals surface area (Å²) in [4.78, 5) is 25.6. The average molecular weight is 531 g/mol. The normalized spacial score (nSPS) is 11.5. The maximum atomic E-state index is 14.2. The van der Waals surface area contributed by atoms with E-state index in [9.17, 15) is 37.4 Å². The van der Waals surface area contributed by atoms with Crippen molar-refractivity contribution in [3.05, 3.63) is 82.7 Å². The first-order chi connectivity index (χ1) is 18.0. The number of carboxylic acid groups (broad SMARTS) is 2. The highest BCUT2D eigenvalue weighted by Gasteiger charge is 2.35. The lowest BCUT2D eigenvalue weighted by molar-refractivity contribution is -0.140. The molecule has 0 radical (unpaired) electrons. The Morgan fingerprint density at radius 3 is 2.39 bits per heavy atom. The summed E-state index contributed by atoms with van der Waals surface area (Å²) < 4.78 is 63.3. The van der Waals surface area contributed by atoms with Gasteiger partial charge >= 0.3 is 18.3 Å². The number of carboxylic acids is 1. The third-order valence-electron chi connectivity index (χ3n) is 5.95. The number of ether oxygens (including phenoxy) is 2. The van der Waals surface area contributed by atoms with Crippen LogP contribution >= 0.6 is 0 Å². The summed E-state index contributed by atoms with van der Waals surface area (Å²) in [7, 11) is 0. The second-order valence-electron chi connectivity index (χ2n) is 8.43. The Labute approximate surface area is 213 Å². The first kappa shape index (κ1) is 26.5. The summed E-state index contributed by atoms with van der Waals surface area (Å²) in [6.07, 6.45) is -6.01. The van der Waals surface area contributed by atoms with Crippen molar-refractivity contribution in [1.82, 2.24) is 4.98 Å². The highest BCUT2D eigenvalue weighted by atomic mass is 19.4. The van der Waals surface area contributed by atoms with Gasteiger partial charge in [0.2, 0.25) is 5.88 Å². The summed E-state index contributed by atoms with van der Waals surface area (Å²) in [5.41, 5.74) is 1.82. The van der Waals surface area contributed by atoms with E-state index in [1.54, 1.807) is 31.2 Å². The van der Waals surface area contributed by atoms with Crippen LogP contribution < -0.4 is 9.47 Å². The van der Waals surface area contributed by atoms with Crippen LogP contribution in [0.5, 0.6) is 11.6 Å². The van der Waals surface area contributed by atoms with Crippen LogP contribution in [0.1, 0.15) is 33.5 Å². The first-order valence-corrected chi connectivity index (χ1v) is 11.3. The summed E-state index contributed by atoms with van der Waals surface area (Å²) in [5.74, 6) is -3.14. The number of carbonyl (C=O) groups is 2. The molecule has 0 aliphatic rings.